The standard InChI is InChI=1S/C38H76N2O4/c1-5-8-11-13-15-17-19-21-23-25-35-43-37(41)28-33-40(32-27-31-39(4)30-10-7-3)34-29-38(42)44-36-26-24-22-20-18-16-14-12-9-6-2/h5-36H2,1-4H3. The van der Waals surface area contributed by atoms with Crippen molar-refractivity contribution in [1.29, 1.82) is 0 Å². The van der Waals surface area contributed by atoms with Crippen LogP contribution in [-0.4, -0.2) is 74.7 Å². The third-order valence-electron chi connectivity index (χ3n) is 8.69. The largest absolute Gasteiger partial charge is 0.466 e. The Morgan fingerprint density at radius 3 is 1.14 bits per heavy atom. The summed E-state index contributed by atoms with van der Waals surface area (Å²) < 4.78 is 11.1. The summed E-state index contributed by atoms with van der Waals surface area (Å²) in [5, 5.41) is 0. The van der Waals surface area contributed by atoms with E-state index in [4.69, 9.17) is 9.47 Å². The number of carbonyl (C=O) groups excluding carboxylic acids is 2. The summed E-state index contributed by atoms with van der Waals surface area (Å²) in [5.74, 6) is -0.232. The van der Waals surface area contributed by atoms with Crippen LogP contribution in [0.4, 0.5) is 0 Å². The molecule has 0 rings (SSSR count). The molecule has 0 bridgehead atoms. The van der Waals surface area contributed by atoms with E-state index >= 15 is 0 Å². The normalized spacial score (nSPS) is 11.5. The van der Waals surface area contributed by atoms with E-state index in [9.17, 15) is 9.59 Å². The number of nitrogens with zero attached hydrogens (tertiary/aromatic N) is 2. The van der Waals surface area contributed by atoms with Crippen molar-refractivity contribution in [1.82, 2.24) is 9.80 Å². The first-order valence-electron chi connectivity index (χ1n) is 19.3. The monoisotopic (exact) mass is 625 g/mol. The summed E-state index contributed by atoms with van der Waals surface area (Å²) in [6.07, 6.45) is 29.7. The van der Waals surface area contributed by atoms with Gasteiger partial charge in [0, 0.05) is 13.1 Å². The van der Waals surface area contributed by atoms with Crippen LogP contribution in [0.1, 0.15) is 181 Å². The van der Waals surface area contributed by atoms with Crippen molar-refractivity contribution in [2.24, 2.45) is 0 Å². The number of unbranched alkanes of at least 4 members (excludes halogenated alkanes) is 19. The molecule has 44 heavy (non-hydrogen) atoms. The Kier molecular flexibility index (Phi) is 33.8. The molecule has 262 valence electrons. The fourth-order valence-electron chi connectivity index (χ4n) is 5.63. The Balaban J connectivity index is 4.14. The molecule has 0 spiro atoms. The van der Waals surface area contributed by atoms with E-state index in [1.807, 2.05) is 0 Å². The van der Waals surface area contributed by atoms with Crippen LogP contribution >= 0.6 is 0 Å². The maximum absolute atomic E-state index is 12.4. The van der Waals surface area contributed by atoms with Gasteiger partial charge in [0.1, 0.15) is 0 Å². The van der Waals surface area contributed by atoms with Crippen molar-refractivity contribution in [3.63, 3.8) is 0 Å². The van der Waals surface area contributed by atoms with Crippen LogP contribution in [0.2, 0.25) is 0 Å². The Hall–Kier alpha value is -1.14. The topological polar surface area (TPSA) is 59.1 Å². The molecule has 0 aromatic rings. The van der Waals surface area contributed by atoms with Crippen LogP contribution in [0.25, 0.3) is 0 Å². The summed E-state index contributed by atoms with van der Waals surface area (Å²) in [6.45, 7) is 12.1. The lowest BCUT2D eigenvalue weighted by molar-refractivity contribution is -0.144. The van der Waals surface area contributed by atoms with Crippen LogP contribution in [0.5, 0.6) is 0 Å². The van der Waals surface area contributed by atoms with Gasteiger partial charge in [0.15, 0.2) is 0 Å². The fourth-order valence-corrected chi connectivity index (χ4v) is 5.63. The van der Waals surface area contributed by atoms with E-state index in [1.165, 1.54) is 116 Å². The summed E-state index contributed by atoms with van der Waals surface area (Å²) in [5.41, 5.74) is 0. The van der Waals surface area contributed by atoms with Gasteiger partial charge in [-0.15, -0.1) is 0 Å². The second-order valence-corrected chi connectivity index (χ2v) is 13.2. The minimum Gasteiger partial charge on any atom is -0.466 e. The highest BCUT2D eigenvalue weighted by Crippen LogP contribution is 2.12. The van der Waals surface area contributed by atoms with Crippen LogP contribution < -0.4 is 0 Å². The molecule has 0 aliphatic rings. The fraction of sp³-hybridized carbons (Fsp3) is 0.947. The molecule has 0 saturated heterocycles. The average Bonchev–Trinajstić information content (AvgIpc) is 3.02. The molecule has 0 amide bonds. The lowest BCUT2D eigenvalue weighted by Crippen LogP contribution is -2.32. The zero-order valence-corrected chi connectivity index (χ0v) is 30.2. The van der Waals surface area contributed by atoms with Gasteiger partial charge in [0.05, 0.1) is 26.1 Å². The lowest BCUT2D eigenvalue weighted by Gasteiger charge is -2.23. The van der Waals surface area contributed by atoms with Gasteiger partial charge in [-0.2, -0.15) is 0 Å². The molecule has 6 heteroatoms. The zero-order chi connectivity index (χ0) is 32.4. The molecule has 0 aliphatic heterocycles. The van der Waals surface area contributed by atoms with Crippen molar-refractivity contribution < 1.29 is 19.1 Å². The number of hydrogen-bond acceptors (Lipinski definition) is 6. The third-order valence-corrected chi connectivity index (χ3v) is 8.69. The van der Waals surface area contributed by atoms with Crippen molar-refractivity contribution in [3.8, 4) is 0 Å². The van der Waals surface area contributed by atoms with Crippen LogP contribution in [0.15, 0.2) is 0 Å². The Bertz CT molecular complexity index is 574. The SMILES string of the molecule is CCCCCCCCCCCCOC(=O)CCN(CCCN(C)CCCC)CCC(=O)OCCCCCCCCCCCC. The van der Waals surface area contributed by atoms with Crippen molar-refractivity contribution in [2.45, 2.75) is 181 Å². The number of esters is 2. The lowest BCUT2D eigenvalue weighted by atomic mass is 10.1. The van der Waals surface area contributed by atoms with Gasteiger partial charge in [-0.05, 0) is 52.4 Å². The summed E-state index contributed by atoms with van der Waals surface area (Å²) in [4.78, 5) is 29.5. The Morgan fingerprint density at radius 2 is 0.750 bits per heavy atom. The van der Waals surface area contributed by atoms with Crippen molar-refractivity contribution >= 4 is 11.9 Å². The van der Waals surface area contributed by atoms with Crippen molar-refractivity contribution in [2.75, 3.05) is 53.0 Å². The van der Waals surface area contributed by atoms with Gasteiger partial charge in [0.25, 0.3) is 0 Å². The van der Waals surface area contributed by atoms with E-state index in [2.05, 4.69) is 37.6 Å². The molecular weight excluding hydrogens is 548 g/mol. The number of carbonyl (C=O) groups is 2. The van der Waals surface area contributed by atoms with E-state index in [0.29, 0.717) is 39.1 Å². The Labute approximate surface area is 274 Å². The number of ether oxygens (including phenoxy) is 2. The molecule has 0 radical (unpaired) electrons. The second kappa shape index (κ2) is 34.7. The zero-order valence-electron chi connectivity index (χ0n) is 30.2. The first kappa shape index (κ1) is 42.9. The molecule has 0 unspecified atom stereocenters. The van der Waals surface area contributed by atoms with Crippen LogP contribution in [0, 0.1) is 0 Å². The van der Waals surface area contributed by atoms with Gasteiger partial charge >= 0.3 is 11.9 Å². The highest BCUT2D eigenvalue weighted by Gasteiger charge is 2.13. The summed E-state index contributed by atoms with van der Waals surface area (Å²) in [7, 11) is 2.18. The maximum Gasteiger partial charge on any atom is 0.307 e. The predicted molar refractivity (Wildman–Crippen MR) is 188 cm³/mol. The smallest absolute Gasteiger partial charge is 0.307 e. The van der Waals surface area contributed by atoms with Gasteiger partial charge < -0.3 is 19.3 Å². The Morgan fingerprint density at radius 1 is 0.409 bits per heavy atom. The molecule has 0 aromatic carbocycles. The molecular formula is C38H76N2O4. The van der Waals surface area contributed by atoms with Crippen LogP contribution in [-0.2, 0) is 19.1 Å². The summed E-state index contributed by atoms with van der Waals surface area (Å²) in [6, 6.07) is 0. The number of rotatable bonds is 35. The van der Waals surface area contributed by atoms with Gasteiger partial charge in [0.2, 0.25) is 0 Å². The third kappa shape index (κ3) is 32.3. The minimum absolute atomic E-state index is 0.116. The van der Waals surface area contributed by atoms with Gasteiger partial charge in [-0.25, -0.2) is 0 Å². The molecule has 6 nitrogen and oxygen atoms in total. The molecule has 0 heterocycles. The van der Waals surface area contributed by atoms with Crippen LogP contribution in [0.3, 0.4) is 0 Å². The number of hydrogen-bond donors (Lipinski definition) is 0. The molecule has 0 saturated carbocycles. The van der Waals surface area contributed by atoms with E-state index in [-0.39, 0.29) is 11.9 Å². The highest BCUT2D eigenvalue weighted by molar-refractivity contribution is 5.70. The average molecular weight is 625 g/mol. The quantitative estimate of drug-likeness (QED) is 0.0516. The molecule has 0 aliphatic carbocycles. The van der Waals surface area contributed by atoms with E-state index in [0.717, 1.165) is 51.7 Å². The first-order chi connectivity index (χ1) is 21.5. The second-order valence-electron chi connectivity index (χ2n) is 13.2. The summed E-state index contributed by atoms with van der Waals surface area (Å²) >= 11 is 0. The predicted octanol–water partition coefficient (Wildman–Crippen LogP) is 10.1. The van der Waals surface area contributed by atoms with E-state index < -0.39 is 0 Å². The first-order valence-corrected chi connectivity index (χ1v) is 19.3. The van der Waals surface area contributed by atoms with Gasteiger partial charge in [-0.3, -0.25) is 9.59 Å². The maximum atomic E-state index is 12.4. The molecule has 0 aromatic heterocycles. The van der Waals surface area contributed by atoms with E-state index in [1.54, 1.807) is 0 Å². The molecule has 0 N–H and O–H groups in total. The highest BCUT2D eigenvalue weighted by atomic mass is 16.5. The van der Waals surface area contributed by atoms with Gasteiger partial charge in [-0.1, -0.05) is 143 Å². The van der Waals surface area contributed by atoms with Crippen molar-refractivity contribution in [3.05, 3.63) is 0 Å². The minimum atomic E-state index is -0.116. The molecule has 0 fully saturated rings. The molecule has 0 atom stereocenters.